The number of ether oxygens (including phenoxy) is 3. The zero-order valence-electron chi connectivity index (χ0n) is 21.9. The second kappa shape index (κ2) is 21.0. The summed E-state index contributed by atoms with van der Waals surface area (Å²) in [4.78, 5) is 39.0. The van der Waals surface area contributed by atoms with E-state index in [2.05, 4.69) is 20.8 Å². The zero-order valence-corrected chi connectivity index (χ0v) is 21.9. The van der Waals surface area contributed by atoms with Gasteiger partial charge in [-0.3, -0.25) is 14.4 Å². The molecule has 0 amide bonds. The van der Waals surface area contributed by atoms with E-state index in [-0.39, 0.29) is 26.2 Å². The SMILES string of the molecule is CCCCCCCOC(=O)C(CC)(C(=O)OCCCCCCC)C(=O)OCCCCCCC. The molecule has 0 unspecified atom stereocenters. The van der Waals surface area contributed by atoms with E-state index in [1.807, 2.05) is 0 Å². The molecule has 0 heterocycles. The molecule has 0 aliphatic heterocycles. The first-order valence-corrected chi connectivity index (χ1v) is 13.5. The van der Waals surface area contributed by atoms with Crippen molar-refractivity contribution in [2.45, 2.75) is 130 Å². The third-order valence-electron chi connectivity index (χ3n) is 6.02. The van der Waals surface area contributed by atoms with Gasteiger partial charge in [-0.05, 0) is 25.7 Å². The molecule has 0 atom stereocenters. The van der Waals surface area contributed by atoms with Crippen LogP contribution in [-0.2, 0) is 28.6 Å². The minimum atomic E-state index is -2.03. The second-order valence-electron chi connectivity index (χ2n) is 8.91. The predicted molar refractivity (Wildman–Crippen MR) is 132 cm³/mol. The normalized spacial score (nSPS) is 11.3. The van der Waals surface area contributed by atoms with Crippen molar-refractivity contribution in [1.29, 1.82) is 0 Å². The van der Waals surface area contributed by atoms with Gasteiger partial charge < -0.3 is 14.2 Å². The molecule has 194 valence electrons. The van der Waals surface area contributed by atoms with E-state index in [0.717, 1.165) is 77.0 Å². The summed E-state index contributed by atoms with van der Waals surface area (Å²) in [5, 5.41) is 0. The highest BCUT2D eigenvalue weighted by atomic mass is 16.6. The van der Waals surface area contributed by atoms with Crippen molar-refractivity contribution in [3.05, 3.63) is 0 Å². The molecule has 0 bridgehead atoms. The predicted octanol–water partition coefficient (Wildman–Crippen LogP) is 6.92. The third kappa shape index (κ3) is 13.0. The minimum Gasteiger partial charge on any atom is -0.464 e. The molecule has 0 rings (SSSR count). The number of unbranched alkanes of at least 4 members (excludes halogenated alkanes) is 12. The van der Waals surface area contributed by atoms with Crippen LogP contribution in [-0.4, -0.2) is 37.7 Å². The van der Waals surface area contributed by atoms with Crippen molar-refractivity contribution in [1.82, 2.24) is 0 Å². The first kappa shape index (κ1) is 31.4. The fraction of sp³-hybridized carbons (Fsp3) is 0.889. The Morgan fingerprint density at radius 2 is 0.727 bits per heavy atom. The Labute approximate surface area is 202 Å². The highest BCUT2D eigenvalue weighted by Crippen LogP contribution is 2.29. The van der Waals surface area contributed by atoms with E-state index >= 15 is 0 Å². The van der Waals surface area contributed by atoms with Crippen LogP contribution in [0.5, 0.6) is 0 Å². The summed E-state index contributed by atoms with van der Waals surface area (Å²) in [6.45, 7) is 8.63. The van der Waals surface area contributed by atoms with Gasteiger partial charge >= 0.3 is 17.9 Å². The van der Waals surface area contributed by atoms with Gasteiger partial charge in [0.2, 0.25) is 0 Å². The Kier molecular flexibility index (Phi) is 20.0. The van der Waals surface area contributed by atoms with E-state index in [1.165, 1.54) is 0 Å². The molecule has 0 aromatic heterocycles. The van der Waals surface area contributed by atoms with E-state index < -0.39 is 23.3 Å². The molecule has 0 aliphatic rings. The molecule has 0 saturated heterocycles. The van der Waals surface area contributed by atoms with Crippen molar-refractivity contribution in [3.8, 4) is 0 Å². The summed E-state index contributed by atoms with van der Waals surface area (Å²) < 4.78 is 16.2. The highest BCUT2D eigenvalue weighted by Gasteiger charge is 2.56. The lowest BCUT2D eigenvalue weighted by Gasteiger charge is -2.26. The average molecular weight is 471 g/mol. The Balaban J connectivity index is 4.98. The topological polar surface area (TPSA) is 78.9 Å². The van der Waals surface area contributed by atoms with Crippen LogP contribution in [0, 0.1) is 5.41 Å². The number of carbonyl (C=O) groups excluding carboxylic acids is 3. The maximum atomic E-state index is 13.0. The van der Waals surface area contributed by atoms with Crippen molar-refractivity contribution in [2.24, 2.45) is 5.41 Å². The monoisotopic (exact) mass is 470 g/mol. The number of rotatable bonds is 22. The first-order chi connectivity index (χ1) is 16.0. The molecule has 6 nitrogen and oxygen atoms in total. The lowest BCUT2D eigenvalue weighted by molar-refractivity contribution is -0.184. The Morgan fingerprint density at radius 3 is 0.970 bits per heavy atom. The second-order valence-corrected chi connectivity index (χ2v) is 8.91. The molecule has 33 heavy (non-hydrogen) atoms. The Hall–Kier alpha value is -1.59. The number of hydrogen-bond donors (Lipinski definition) is 0. The van der Waals surface area contributed by atoms with Gasteiger partial charge in [0.1, 0.15) is 0 Å². The van der Waals surface area contributed by atoms with Crippen LogP contribution in [0.25, 0.3) is 0 Å². The summed E-state index contributed by atoms with van der Waals surface area (Å²) in [6, 6.07) is 0. The minimum absolute atomic E-state index is 0.0367. The number of carbonyl (C=O) groups is 3. The molecular formula is C27H50O6. The molecule has 0 N–H and O–H groups in total. The number of esters is 3. The summed E-state index contributed by atoms with van der Waals surface area (Å²) >= 11 is 0. The zero-order chi connectivity index (χ0) is 24.8. The molecule has 0 aromatic rings. The molecule has 0 aliphatic carbocycles. The van der Waals surface area contributed by atoms with Gasteiger partial charge in [0, 0.05) is 0 Å². The molecule has 0 radical (unpaired) electrons. The van der Waals surface area contributed by atoms with Crippen molar-refractivity contribution < 1.29 is 28.6 Å². The van der Waals surface area contributed by atoms with Crippen LogP contribution < -0.4 is 0 Å². The molecule has 6 heteroatoms. The largest absolute Gasteiger partial charge is 0.464 e. The summed E-state index contributed by atoms with van der Waals surface area (Å²) in [5.41, 5.74) is -2.03. The summed E-state index contributed by atoms with van der Waals surface area (Å²) in [7, 11) is 0. The highest BCUT2D eigenvalue weighted by molar-refractivity contribution is 6.17. The Morgan fingerprint density at radius 1 is 0.455 bits per heavy atom. The average Bonchev–Trinajstić information content (AvgIpc) is 2.81. The number of hydrogen-bond acceptors (Lipinski definition) is 6. The van der Waals surface area contributed by atoms with Gasteiger partial charge in [-0.25, -0.2) is 0 Å². The van der Waals surface area contributed by atoms with Crippen molar-refractivity contribution in [3.63, 3.8) is 0 Å². The van der Waals surface area contributed by atoms with Gasteiger partial charge in [-0.1, -0.05) is 105 Å². The standard InChI is InChI=1S/C27H50O6/c1-5-9-12-15-18-21-31-24(28)27(8-4,25(29)32-22-19-16-13-10-6-2)26(30)33-23-20-17-14-11-7-3/h5-23H2,1-4H3. The molecule has 0 saturated carbocycles. The van der Waals surface area contributed by atoms with Crippen LogP contribution in [0.4, 0.5) is 0 Å². The van der Waals surface area contributed by atoms with Gasteiger partial charge in [-0.15, -0.1) is 0 Å². The van der Waals surface area contributed by atoms with E-state index in [9.17, 15) is 14.4 Å². The molecular weight excluding hydrogens is 420 g/mol. The van der Waals surface area contributed by atoms with Crippen LogP contribution >= 0.6 is 0 Å². The smallest absolute Gasteiger partial charge is 0.335 e. The van der Waals surface area contributed by atoms with Gasteiger partial charge in [0.15, 0.2) is 0 Å². The third-order valence-corrected chi connectivity index (χ3v) is 6.02. The first-order valence-electron chi connectivity index (χ1n) is 13.5. The van der Waals surface area contributed by atoms with Crippen LogP contribution in [0.3, 0.4) is 0 Å². The van der Waals surface area contributed by atoms with Gasteiger partial charge in [0.25, 0.3) is 5.41 Å². The maximum Gasteiger partial charge on any atom is 0.335 e. The fourth-order valence-electron chi connectivity index (χ4n) is 3.66. The van der Waals surface area contributed by atoms with Crippen molar-refractivity contribution >= 4 is 17.9 Å². The van der Waals surface area contributed by atoms with Crippen LogP contribution in [0.15, 0.2) is 0 Å². The van der Waals surface area contributed by atoms with Crippen LogP contribution in [0.2, 0.25) is 0 Å². The fourth-order valence-corrected chi connectivity index (χ4v) is 3.66. The Bertz CT molecular complexity index is 447. The summed E-state index contributed by atoms with van der Waals surface area (Å²) in [6.07, 6.45) is 15.0. The molecule has 0 fully saturated rings. The molecule has 0 aromatic carbocycles. The van der Waals surface area contributed by atoms with Crippen LogP contribution in [0.1, 0.15) is 130 Å². The van der Waals surface area contributed by atoms with Gasteiger partial charge in [0.05, 0.1) is 19.8 Å². The van der Waals surface area contributed by atoms with E-state index in [0.29, 0.717) is 19.3 Å². The lowest BCUT2D eigenvalue weighted by Crippen LogP contribution is -2.49. The quantitative estimate of drug-likeness (QED) is 0.0739. The van der Waals surface area contributed by atoms with E-state index in [1.54, 1.807) is 6.92 Å². The maximum absolute atomic E-state index is 13.0. The lowest BCUT2D eigenvalue weighted by atomic mass is 9.85. The van der Waals surface area contributed by atoms with Crippen molar-refractivity contribution in [2.75, 3.05) is 19.8 Å². The molecule has 0 spiro atoms. The summed E-state index contributed by atoms with van der Waals surface area (Å²) in [5.74, 6) is -2.52. The van der Waals surface area contributed by atoms with E-state index in [4.69, 9.17) is 14.2 Å². The van der Waals surface area contributed by atoms with Gasteiger partial charge in [-0.2, -0.15) is 0 Å².